The minimum absolute atomic E-state index is 0.0589. The number of hydrogen-bond acceptors (Lipinski definition) is 3. The van der Waals surface area contributed by atoms with Crippen molar-refractivity contribution in [2.45, 2.75) is 19.9 Å². The second kappa shape index (κ2) is 9.28. The Kier molecular flexibility index (Phi) is 7.07. The van der Waals surface area contributed by atoms with Gasteiger partial charge in [-0.2, -0.15) is 0 Å². The molecule has 0 saturated heterocycles. The predicted molar refractivity (Wildman–Crippen MR) is 105 cm³/mol. The number of amides is 2. The van der Waals surface area contributed by atoms with Gasteiger partial charge < -0.3 is 15.5 Å². The normalized spacial score (nSPS) is 11.9. The molecule has 2 rings (SSSR count). The third-order valence-electron chi connectivity index (χ3n) is 4.20. The Morgan fingerprint density at radius 3 is 2.11 bits per heavy atom. The highest BCUT2D eigenvalue weighted by Gasteiger charge is 2.17. The fourth-order valence-electron chi connectivity index (χ4n) is 2.77. The van der Waals surface area contributed by atoms with E-state index < -0.39 is 0 Å². The molecule has 0 spiro atoms. The van der Waals surface area contributed by atoms with Gasteiger partial charge in [0.2, 0.25) is 5.91 Å². The Bertz CT molecular complexity index is 771. The quantitative estimate of drug-likeness (QED) is 0.784. The first kappa shape index (κ1) is 20.6. The molecule has 144 valence electrons. The van der Waals surface area contributed by atoms with Gasteiger partial charge in [-0.25, -0.2) is 4.39 Å². The van der Waals surface area contributed by atoms with Crippen LogP contribution in [0, 0.1) is 11.7 Å². The van der Waals surface area contributed by atoms with Gasteiger partial charge in [-0.05, 0) is 47.9 Å². The first-order valence-electron chi connectivity index (χ1n) is 8.88. The number of hydrogen-bond donors (Lipinski definition) is 2. The van der Waals surface area contributed by atoms with Gasteiger partial charge in [-0.15, -0.1) is 0 Å². The molecule has 0 bridgehead atoms. The number of carbonyl (C=O) groups is 2. The number of halogens is 1. The summed E-state index contributed by atoms with van der Waals surface area (Å²) in [5, 5.41) is 6.03. The topological polar surface area (TPSA) is 61.4 Å². The Hall–Kier alpha value is -2.73. The van der Waals surface area contributed by atoms with Crippen molar-refractivity contribution in [3.63, 3.8) is 0 Å². The van der Waals surface area contributed by atoms with Crippen LogP contribution in [-0.2, 0) is 4.79 Å². The van der Waals surface area contributed by atoms with E-state index in [0.717, 1.165) is 5.56 Å². The summed E-state index contributed by atoms with van der Waals surface area (Å²) in [5.41, 5.74) is 2.12. The second-order valence-corrected chi connectivity index (χ2v) is 6.98. The zero-order valence-electron chi connectivity index (χ0n) is 16.1. The molecular formula is C21H26FN3O2. The number of benzene rings is 2. The number of anilines is 1. The van der Waals surface area contributed by atoms with Crippen molar-refractivity contribution < 1.29 is 14.0 Å². The largest absolute Gasteiger partial charge is 0.345 e. The van der Waals surface area contributed by atoms with Crippen LogP contribution in [0.15, 0.2) is 48.5 Å². The summed E-state index contributed by atoms with van der Waals surface area (Å²) in [5.74, 6) is -0.321. The number of rotatable bonds is 7. The SMILES string of the molecule is CC(C)[C@@H](NCC(=O)Nc1ccc(C(=O)N(C)C)cc1)c1ccc(F)cc1. The standard InChI is InChI=1S/C21H26FN3O2/c1-14(2)20(15-5-9-17(22)10-6-15)23-13-19(26)24-18-11-7-16(8-12-18)21(27)25(3)4/h5-12,14,20,23H,13H2,1-4H3,(H,24,26)/t20-/m1/s1. The van der Waals surface area contributed by atoms with Crippen molar-refractivity contribution in [2.75, 3.05) is 26.0 Å². The van der Waals surface area contributed by atoms with Gasteiger partial charge >= 0.3 is 0 Å². The van der Waals surface area contributed by atoms with E-state index in [2.05, 4.69) is 10.6 Å². The van der Waals surface area contributed by atoms with Crippen LogP contribution in [0.2, 0.25) is 0 Å². The van der Waals surface area contributed by atoms with Gasteiger partial charge in [0.25, 0.3) is 5.91 Å². The maximum absolute atomic E-state index is 13.1. The summed E-state index contributed by atoms with van der Waals surface area (Å²) in [7, 11) is 3.38. The van der Waals surface area contributed by atoms with Crippen LogP contribution in [0.4, 0.5) is 10.1 Å². The highest BCUT2D eigenvalue weighted by atomic mass is 19.1. The molecule has 0 heterocycles. The van der Waals surface area contributed by atoms with Gasteiger partial charge in [0.15, 0.2) is 0 Å². The van der Waals surface area contributed by atoms with Crippen LogP contribution in [0.25, 0.3) is 0 Å². The molecule has 0 fully saturated rings. The summed E-state index contributed by atoms with van der Waals surface area (Å²) < 4.78 is 13.1. The second-order valence-electron chi connectivity index (χ2n) is 6.98. The maximum Gasteiger partial charge on any atom is 0.253 e. The van der Waals surface area contributed by atoms with Crippen LogP contribution < -0.4 is 10.6 Å². The molecule has 0 aliphatic carbocycles. The van der Waals surface area contributed by atoms with E-state index in [4.69, 9.17) is 0 Å². The number of nitrogens with one attached hydrogen (secondary N) is 2. The summed E-state index contributed by atoms with van der Waals surface area (Å²) in [6, 6.07) is 13.0. The van der Waals surface area contributed by atoms with Crippen molar-refractivity contribution in [3.8, 4) is 0 Å². The van der Waals surface area contributed by atoms with Crippen molar-refractivity contribution in [1.29, 1.82) is 0 Å². The fraction of sp³-hybridized carbons (Fsp3) is 0.333. The summed E-state index contributed by atoms with van der Waals surface area (Å²) in [6.45, 7) is 4.21. The van der Waals surface area contributed by atoms with Gasteiger partial charge in [0.1, 0.15) is 5.82 Å². The van der Waals surface area contributed by atoms with Crippen molar-refractivity contribution in [3.05, 3.63) is 65.5 Å². The molecule has 2 N–H and O–H groups in total. The monoisotopic (exact) mass is 371 g/mol. The molecule has 0 aliphatic heterocycles. The van der Waals surface area contributed by atoms with Crippen molar-refractivity contribution >= 4 is 17.5 Å². The number of nitrogens with zero attached hydrogens (tertiary/aromatic N) is 1. The first-order valence-corrected chi connectivity index (χ1v) is 8.88. The first-order chi connectivity index (χ1) is 12.8. The van der Waals surface area contributed by atoms with Crippen LogP contribution in [0.5, 0.6) is 0 Å². The molecular weight excluding hydrogens is 345 g/mol. The van der Waals surface area contributed by atoms with Crippen molar-refractivity contribution in [2.24, 2.45) is 5.92 Å². The fourth-order valence-corrected chi connectivity index (χ4v) is 2.77. The Morgan fingerprint density at radius 1 is 1.00 bits per heavy atom. The summed E-state index contributed by atoms with van der Waals surface area (Å²) >= 11 is 0. The van der Waals surface area contributed by atoms with E-state index in [0.29, 0.717) is 11.3 Å². The molecule has 2 aromatic rings. The molecule has 6 heteroatoms. The summed E-state index contributed by atoms with van der Waals surface area (Å²) in [6.07, 6.45) is 0. The van der Waals surface area contributed by atoms with Gasteiger partial charge in [0.05, 0.1) is 6.54 Å². The molecule has 0 unspecified atom stereocenters. The summed E-state index contributed by atoms with van der Waals surface area (Å²) in [4.78, 5) is 25.6. The Balaban J connectivity index is 1.94. The smallest absolute Gasteiger partial charge is 0.253 e. The predicted octanol–water partition coefficient (Wildman–Crippen LogP) is 3.45. The van der Waals surface area contributed by atoms with Crippen LogP contribution in [-0.4, -0.2) is 37.4 Å². The van der Waals surface area contributed by atoms with E-state index in [1.54, 1.807) is 50.5 Å². The molecule has 1 atom stereocenters. The van der Waals surface area contributed by atoms with Gasteiger partial charge in [0, 0.05) is 31.4 Å². The van der Waals surface area contributed by atoms with Gasteiger partial charge in [-0.1, -0.05) is 26.0 Å². The van der Waals surface area contributed by atoms with E-state index in [1.807, 2.05) is 13.8 Å². The lowest BCUT2D eigenvalue weighted by Gasteiger charge is -2.23. The molecule has 0 radical (unpaired) electrons. The Labute approximate surface area is 159 Å². The number of carbonyl (C=O) groups excluding carboxylic acids is 2. The zero-order chi connectivity index (χ0) is 20.0. The molecule has 0 aromatic heterocycles. The molecule has 0 aliphatic rings. The zero-order valence-corrected chi connectivity index (χ0v) is 16.1. The van der Waals surface area contributed by atoms with E-state index in [-0.39, 0.29) is 36.1 Å². The average Bonchev–Trinajstić information content (AvgIpc) is 2.63. The van der Waals surface area contributed by atoms with Crippen LogP contribution in [0.1, 0.15) is 35.8 Å². The minimum atomic E-state index is -0.282. The van der Waals surface area contributed by atoms with Crippen LogP contribution in [0.3, 0.4) is 0 Å². The Morgan fingerprint density at radius 2 is 1.59 bits per heavy atom. The maximum atomic E-state index is 13.1. The van der Waals surface area contributed by atoms with E-state index >= 15 is 0 Å². The third kappa shape index (κ3) is 5.89. The lowest BCUT2D eigenvalue weighted by molar-refractivity contribution is -0.115. The molecule has 2 aromatic carbocycles. The third-order valence-corrected chi connectivity index (χ3v) is 4.20. The molecule has 2 amide bonds. The van der Waals surface area contributed by atoms with Crippen molar-refractivity contribution in [1.82, 2.24) is 10.2 Å². The van der Waals surface area contributed by atoms with E-state index in [9.17, 15) is 14.0 Å². The molecule has 27 heavy (non-hydrogen) atoms. The highest BCUT2D eigenvalue weighted by Crippen LogP contribution is 2.21. The molecule has 5 nitrogen and oxygen atoms in total. The highest BCUT2D eigenvalue weighted by molar-refractivity contribution is 5.96. The lowest BCUT2D eigenvalue weighted by atomic mass is 9.96. The van der Waals surface area contributed by atoms with E-state index in [1.165, 1.54) is 17.0 Å². The lowest BCUT2D eigenvalue weighted by Crippen LogP contribution is -2.33. The molecule has 0 saturated carbocycles. The van der Waals surface area contributed by atoms with Gasteiger partial charge in [-0.3, -0.25) is 9.59 Å². The average molecular weight is 371 g/mol. The minimum Gasteiger partial charge on any atom is -0.345 e. The van der Waals surface area contributed by atoms with Crippen LogP contribution >= 0.6 is 0 Å².